The van der Waals surface area contributed by atoms with Gasteiger partial charge in [-0.1, -0.05) is 26.0 Å². The highest BCUT2D eigenvalue weighted by atomic mass is 35.5. The number of carbonyl (C=O) groups excluding carboxylic acids is 1. The average molecular weight is 323 g/mol. The van der Waals surface area contributed by atoms with Gasteiger partial charge in [0.05, 0.1) is 0 Å². The van der Waals surface area contributed by atoms with Gasteiger partial charge in [0.1, 0.15) is 0 Å². The molecular weight excluding hydrogens is 296 g/mol. The second kappa shape index (κ2) is 8.54. The highest BCUT2D eigenvalue weighted by Crippen LogP contribution is 2.22. The molecule has 2 fully saturated rings. The van der Waals surface area contributed by atoms with Crippen LogP contribution in [0.1, 0.15) is 49.0 Å². The molecule has 1 aromatic rings. The zero-order chi connectivity index (χ0) is 15.9. The third kappa shape index (κ3) is 4.02. The molecule has 0 N–H and O–H groups in total. The van der Waals surface area contributed by atoms with E-state index in [9.17, 15) is 4.79 Å². The summed E-state index contributed by atoms with van der Waals surface area (Å²) in [5.74, 6) is 0.655. The van der Waals surface area contributed by atoms with Gasteiger partial charge in [-0.25, -0.2) is 0 Å². The second-order valence-corrected chi connectivity index (χ2v) is 6.03. The number of amides is 1. The van der Waals surface area contributed by atoms with E-state index in [0.717, 1.165) is 30.6 Å². The molecule has 1 unspecified atom stereocenters. The van der Waals surface area contributed by atoms with E-state index in [1.54, 1.807) is 0 Å². The predicted molar refractivity (Wildman–Crippen MR) is 92.5 cm³/mol. The van der Waals surface area contributed by atoms with Crippen LogP contribution in [0, 0.1) is 0 Å². The Morgan fingerprint density at radius 2 is 1.77 bits per heavy atom. The van der Waals surface area contributed by atoms with Crippen molar-refractivity contribution in [2.24, 2.45) is 0 Å². The summed E-state index contributed by atoms with van der Waals surface area (Å²) in [6.45, 7) is 8.18. The lowest BCUT2D eigenvalue weighted by Gasteiger charge is -2.23. The summed E-state index contributed by atoms with van der Waals surface area (Å²) in [7, 11) is 0. The third-order valence-electron chi connectivity index (χ3n) is 4.46. The maximum atomic E-state index is 12.5. The largest absolute Gasteiger partial charge is 0.337 e. The molecule has 122 valence electrons. The number of carbonyl (C=O) groups is 1. The molecule has 2 saturated heterocycles. The Kier molecular flexibility index (Phi) is 6.71. The van der Waals surface area contributed by atoms with Crippen molar-refractivity contribution in [1.29, 1.82) is 0 Å². The number of rotatable bonds is 3. The zero-order valence-electron chi connectivity index (χ0n) is 13.7. The van der Waals surface area contributed by atoms with E-state index in [1.165, 1.54) is 25.9 Å². The van der Waals surface area contributed by atoms with Crippen LogP contribution in [0.15, 0.2) is 24.3 Å². The fourth-order valence-electron chi connectivity index (χ4n) is 3.25. The molecule has 0 spiro atoms. The van der Waals surface area contributed by atoms with Crippen molar-refractivity contribution in [3.63, 3.8) is 0 Å². The lowest BCUT2D eigenvalue weighted by molar-refractivity contribution is 0.0780. The molecule has 2 aliphatic heterocycles. The molecule has 3 nitrogen and oxygen atoms in total. The highest BCUT2D eigenvalue weighted by Gasteiger charge is 2.31. The molecular formula is C18H27ClN2O. The van der Waals surface area contributed by atoms with E-state index in [0.29, 0.717) is 11.9 Å². The Labute approximate surface area is 139 Å². The fraction of sp³-hybridized carbons (Fsp3) is 0.611. The van der Waals surface area contributed by atoms with Crippen molar-refractivity contribution in [2.45, 2.75) is 45.0 Å². The van der Waals surface area contributed by atoms with E-state index in [4.69, 9.17) is 11.6 Å². The van der Waals surface area contributed by atoms with Gasteiger partial charge in [0, 0.05) is 30.6 Å². The number of benzene rings is 1. The van der Waals surface area contributed by atoms with E-state index >= 15 is 0 Å². The van der Waals surface area contributed by atoms with Gasteiger partial charge in [0.2, 0.25) is 0 Å². The molecule has 0 bridgehead atoms. The van der Waals surface area contributed by atoms with E-state index < -0.39 is 0 Å². The standard InChI is InChI=1S/C16H21ClN2O.C2H6/c17-11-13-3-5-14(6-4-13)16(20)19-10-7-15(12-19)18-8-1-2-9-18;1-2/h3-6,15H,1-2,7-12H2;1-2H3. The number of halogens is 1. The maximum Gasteiger partial charge on any atom is 0.253 e. The van der Waals surface area contributed by atoms with Gasteiger partial charge in [0.25, 0.3) is 5.91 Å². The van der Waals surface area contributed by atoms with Gasteiger partial charge in [-0.15, -0.1) is 11.6 Å². The SMILES string of the molecule is CC.O=C(c1ccc(CCl)cc1)N1CCC(N2CCCC2)C1. The lowest BCUT2D eigenvalue weighted by atomic mass is 10.1. The molecule has 2 heterocycles. The fourth-order valence-corrected chi connectivity index (χ4v) is 3.43. The molecule has 1 aromatic carbocycles. The van der Waals surface area contributed by atoms with Gasteiger partial charge in [0.15, 0.2) is 0 Å². The number of alkyl halides is 1. The molecule has 1 amide bonds. The number of nitrogens with zero attached hydrogens (tertiary/aromatic N) is 2. The molecule has 1 atom stereocenters. The molecule has 0 radical (unpaired) electrons. The van der Waals surface area contributed by atoms with Crippen LogP contribution in [-0.2, 0) is 5.88 Å². The van der Waals surface area contributed by atoms with E-state index in [-0.39, 0.29) is 5.91 Å². The van der Waals surface area contributed by atoms with Crippen molar-refractivity contribution < 1.29 is 4.79 Å². The number of likely N-dealkylation sites (tertiary alicyclic amines) is 2. The molecule has 22 heavy (non-hydrogen) atoms. The van der Waals surface area contributed by atoms with E-state index in [1.807, 2.05) is 43.0 Å². The van der Waals surface area contributed by atoms with Gasteiger partial charge < -0.3 is 4.90 Å². The Morgan fingerprint density at radius 1 is 1.14 bits per heavy atom. The minimum absolute atomic E-state index is 0.160. The number of hydrogen-bond donors (Lipinski definition) is 0. The van der Waals surface area contributed by atoms with Gasteiger partial charge in [-0.05, 0) is 50.0 Å². The first-order valence-corrected chi connectivity index (χ1v) is 8.99. The number of hydrogen-bond acceptors (Lipinski definition) is 2. The van der Waals surface area contributed by atoms with Crippen LogP contribution in [0.5, 0.6) is 0 Å². The van der Waals surface area contributed by atoms with Crippen LogP contribution in [0.4, 0.5) is 0 Å². The molecule has 3 rings (SSSR count). The molecule has 0 aromatic heterocycles. The average Bonchev–Trinajstić information content (AvgIpc) is 3.27. The Hall–Kier alpha value is -1.06. The summed E-state index contributed by atoms with van der Waals surface area (Å²) < 4.78 is 0. The Bertz CT molecular complexity index is 468. The Morgan fingerprint density at radius 3 is 2.36 bits per heavy atom. The highest BCUT2D eigenvalue weighted by molar-refractivity contribution is 6.17. The van der Waals surface area contributed by atoms with Crippen molar-refractivity contribution in [3.8, 4) is 0 Å². The van der Waals surface area contributed by atoms with E-state index in [2.05, 4.69) is 4.90 Å². The molecule has 4 heteroatoms. The van der Waals surface area contributed by atoms with Crippen LogP contribution in [0.25, 0.3) is 0 Å². The zero-order valence-corrected chi connectivity index (χ0v) is 14.5. The van der Waals surface area contributed by atoms with Crippen molar-refractivity contribution >= 4 is 17.5 Å². The van der Waals surface area contributed by atoms with Crippen molar-refractivity contribution in [3.05, 3.63) is 35.4 Å². The Balaban J connectivity index is 0.000000847. The van der Waals surface area contributed by atoms with Gasteiger partial charge >= 0.3 is 0 Å². The lowest BCUT2D eigenvalue weighted by Crippen LogP contribution is -2.37. The summed E-state index contributed by atoms with van der Waals surface area (Å²) in [6.07, 6.45) is 3.74. The van der Waals surface area contributed by atoms with Crippen LogP contribution >= 0.6 is 11.6 Å². The predicted octanol–water partition coefficient (Wildman–Crippen LogP) is 3.76. The first-order chi connectivity index (χ1) is 10.8. The summed E-state index contributed by atoms with van der Waals surface area (Å²) in [5, 5.41) is 0. The van der Waals surface area contributed by atoms with Gasteiger partial charge in [-0.3, -0.25) is 9.69 Å². The molecule has 2 aliphatic rings. The smallest absolute Gasteiger partial charge is 0.253 e. The van der Waals surface area contributed by atoms with Crippen molar-refractivity contribution in [1.82, 2.24) is 9.80 Å². The normalized spacial score (nSPS) is 21.6. The quantitative estimate of drug-likeness (QED) is 0.791. The van der Waals surface area contributed by atoms with Gasteiger partial charge in [-0.2, -0.15) is 0 Å². The second-order valence-electron chi connectivity index (χ2n) is 5.77. The minimum atomic E-state index is 0.160. The van der Waals surface area contributed by atoms with Crippen LogP contribution in [0.2, 0.25) is 0 Å². The monoisotopic (exact) mass is 322 g/mol. The summed E-state index contributed by atoms with van der Waals surface area (Å²) in [6, 6.07) is 8.23. The topological polar surface area (TPSA) is 23.6 Å². The third-order valence-corrected chi connectivity index (χ3v) is 4.77. The van der Waals surface area contributed by atoms with Crippen molar-refractivity contribution in [2.75, 3.05) is 26.2 Å². The minimum Gasteiger partial charge on any atom is -0.337 e. The van der Waals surface area contributed by atoms with Crippen LogP contribution in [0.3, 0.4) is 0 Å². The van der Waals surface area contributed by atoms with Crippen LogP contribution in [-0.4, -0.2) is 47.9 Å². The van der Waals surface area contributed by atoms with Crippen LogP contribution < -0.4 is 0 Å². The first kappa shape index (κ1) is 17.3. The summed E-state index contributed by atoms with van der Waals surface area (Å²) in [4.78, 5) is 17.0. The maximum absolute atomic E-state index is 12.5. The summed E-state index contributed by atoms with van der Waals surface area (Å²) >= 11 is 5.78. The summed E-state index contributed by atoms with van der Waals surface area (Å²) in [5.41, 5.74) is 1.83. The first-order valence-electron chi connectivity index (χ1n) is 8.46. The molecule has 0 aliphatic carbocycles. The molecule has 0 saturated carbocycles.